The van der Waals surface area contributed by atoms with Crippen molar-refractivity contribution in [2.75, 3.05) is 9.80 Å². The number of fused-ring (bicyclic) bond motifs is 12. The molecule has 3 aromatic heterocycles. The highest BCUT2D eigenvalue weighted by atomic mass is 32.1. The summed E-state index contributed by atoms with van der Waals surface area (Å²) in [5.74, 6) is 0. The summed E-state index contributed by atoms with van der Waals surface area (Å²) in [4.78, 5) is 6.77. The number of hydrogen-bond donors (Lipinski definition) is 0. The molecule has 0 amide bonds. The summed E-state index contributed by atoms with van der Waals surface area (Å²) in [6, 6.07) is 41.3. The molecule has 67 heavy (non-hydrogen) atoms. The lowest BCUT2D eigenvalue weighted by Crippen LogP contribution is -2.61. The van der Waals surface area contributed by atoms with Gasteiger partial charge in [-0.25, -0.2) is 0 Å². The summed E-state index contributed by atoms with van der Waals surface area (Å²) in [6.07, 6.45) is 0. The van der Waals surface area contributed by atoms with E-state index in [-0.39, 0.29) is 33.8 Å². The second-order valence-electron chi connectivity index (χ2n) is 25.2. The van der Waals surface area contributed by atoms with E-state index in [1.54, 1.807) is 0 Å². The van der Waals surface area contributed by atoms with Gasteiger partial charge in [0, 0.05) is 43.5 Å². The summed E-state index contributed by atoms with van der Waals surface area (Å²) >= 11 is 1.97. The van der Waals surface area contributed by atoms with Crippen molar-refractivity contribution >= 4 is 106 Å². The maximum atomic E-state index is 2.71. The maximum absolute atomic E-state index is 2.71. The number of thiophene rings is 1. The zero-order valence-electron chi connectivity index (χ0n) is 43.1. The predicted molar refractivity (Wildman–Crippen MR) is 296 cm³/mol. The second kappa shape index (κ2) is 14.0. The van der Waals surface area contributed by atoms with Gasteiger partial charge in [-0.05, 0) is 145 Å². The zero-order valence-corrected chi connectivity index (χ0v) is 44.0. The molecule has 5 heteroatoms. The van der Waals surface area contributed by atoms with Gasteiger partial charge in [0.15, 0.2) is 0 Å². The van der Waals surface area contributed by atoms with Crippen LogP contribution in [0, 0.1) is 13.8 Å². The van der Waals surface area contributed by atoms with Crippen LogP contribution in [0.3, 0.4) is 0 Å². The fourth-order valence-electron chi connectivity index (χ4n) is 11.4. The standard InChI is InChI=1S/C62H68BN3S/c1-35-36(2)67-57-52(35)63-46-34-41(62(15,16)17)24-31-49(46)64(42-25-18-37(19-26-42)58(3,4)5)55-50-44-32-39(60(9,10)11)22-29-47(44)66-48-30-23-40(61(12,13)14)33-45(48)51(54(50)66)56(53(55)63)65(57)43-27-20-38(21-28-43)59(6,7)8/h18-34H,1-17H3. The first-order valence-corrected chi connectivity index (χ1v) is 25.5. The molecule has 11 rings (SSSR count). The van der Waals surface area contributed by atoms with Crippen LogP contribution in [0.25, 0.3) is 38.1 Å². The molecule has 340 valence electrons. The van der Waals surface area contributed by atoms with Crippen LogP contribution in [0.2, 0.25) is 0 Å². The molecule has 2 aliphatic heterocycles. The molecule has 0 unspecified atom stereocenters. The van der Waals surface area contributed by atoms with Crippen molar-refractivity contribution < 1.29 is 0 Å². The Labute approximate surface area is 404 Å². The number of rotatable bonds is 2. The van der Waals surface area contributed by atoms with Crippen molar-refractivity contribution in [1.82, 2.24) is 4.40 Å². The van der Waals surface area contributed by atoms with Crippen molar-refractivity contribution in [3.8, 4) is 0 Å². The Morgan fingerprint density at radius 2 is 0.836 bits per heavy atom. The quantitative estimate of drug-likeness (QED) is 0.160. The first kappa shape index (κ1) is 44.0. The van der Waals surface area contributed by atoms with Gasteiger partial charge >= 0.3 is 0 Å². The number of hydrogen-bond acceptors (Lipinski definition) is 3. The van der Waals surface area contributed by atoms with Crippen LogP contribution in [0.15, 0.2) is 103 Å². The number of anilines is 6. The average Bonchev–Trinajstić information content (AvgIpc) is 3.87. The molecule has 0 saturated heterocycles. The highest BCUT2D eigenvalue weighted by molar-refractivity contribution is 7.20. The normalized spacial score (nSPS) is 14.6. The molecule has 0 spiro atoms. The monoisotopic (exact) mass is 898 g/mol. The van der Waals surface area contributed by atoms with Crippen LogP contribution in [0.5, 0.6) is 0 Å². The topological polar surface area (TPSA) is 10.9 Å². The van der Waals surface area contributed by atoms with Gasteiger partial charge in [0.2, 0.25) is 0 Å². The highest BCUT2D eigenvalue weighted by Crippen LogP contribution is 2.56. The van der Waals surface area contributed by atoms with E-state index in [1.807, 2.05) is 11.3 Å². The first-order chi connectivity index (χ1) is 31.2. The molecule has 0 fully saturated rings. The fourth-order valence-corrected chi connectivity index (χ4v) is 12.6. The Hall–Kier alpha value is -5.52. The smallest absolute Gasteiger partial charge is 0.253 e. The lowest BCUT2D eigenvalue weighted by Gasteiger charge is -2.44. The Kier molecular flexibility index (Phi) is 9.22. The molecule has 2 aliphatic rings. The van der Waals surface area contributed by atoms with E-state index >= 15 is 0 Å². The Morgan fingerprint density at radius 3 is 1.30 bits per heavy atom. The molecule has 0 aliphatic carbocycles. The largest absolute Gasteiger partial charge is 0.311 e. The minimum Gasteiger partial charge on any atom is -0.311 e. The number of aromatic nitrogens is 1. The summed E-state index contributed by atoms with van der Waals surface area (Å²) in [7, 11) is 0. The Bertz CT molecular complexity index is 3490. The van der Waals surface area contributed by atoms with Crippen molar-refractivity contribution in [2.45, 2.75) is 145 Å². The van der Waals surface area contributed by atoms with Gasteiger partial charge in [-0.3, -0.25) is 0 Å². The summed E-state index contributed by atoms with van der Waals surface area (Å²) in [5.41, 5.74) is 22.5. The fraction of sp³-hybridized carbons (Fsp3) is 0.355. The second-order valence-corrected chi connectivity index (χ2v) is 26.4. The average molecular weight is 898 g/mol. The van der Waals surface area contributed by atoms with Gasteiger partial charge < -0.3 is 14.2 Å². The van der Waals surface area contributed by atoms with Gasteiger partial charge in [-0.15, -0.1) is 11.3 Å². The van der Waals surface area contributed by atoms with Crippen LogP contribution in [0.4, 0.5) is 33.4 Å². The lowest BCUT2D eigenvalue weighted by molar-refractivity contribution is 0.590. The molecular weight excluding hydrogens is 830 g/mol. The molecule has 0 N–H and O–H groups in total. The Morgan fingerprint density at radius 1 is 0.433 bits per heavy atom. The molecule has 0 atom stereocenters. The third-order valence-corrected chi connectivity index (χ3v) is 16.7. The van der Waals surface area contributed by atoms with Crippen LogP contribution in [0.1, 0.15) is 142 Å². The highest BCUT2D eigenvalue weighted by Gasteiger charge is 2.48. The summed E-state index contributed by atoms with van der Waals surface area (Å²) < 4.78 is 2.64. The number of benzene rings is 6. The number of nitrogens with zero attached hydrogens (tertiary/aromatic N) is 3. The Balaban J connectivity index is 1.42. The van der Waals surface area contributed by atoms with E-state index in [0.717, 1.165) is 0 Å². The van der Waals surface area contributed by atoms with E-state index in [1.165, 1.54) is 126 Å². The third kappa shape index (κ3) is 6.42. The minimum atomic E-state index is -0.0353. The van der Waals surface area contributed by atoms with Crippen molar-refractivity contribution in [3.05, 3.63) is 141 Å². The molecule has 0 bridgehead atoms. The third-order valence-electron chi connectivity index (χ3n) is 15.5. The molecule has 3 nitrogen and oxygen atoms in total. The van der Waals surface area contributed by atoms with Crippen LogP contribution in [-0.4, -0.2) is 11.1 Å². The van der Waals surface area contributed by atoms with E-state index < -0.39 is 0 Å². The van der Waals surface area contributed by atoms with E-state index in [2.05, 4.69) is 235 Å². The molecule has 6 aromatic carbocycles. The molecule has 5 heterocycles. The van der Waals surface area contributed by atoms with Gasteiger partial charge in [-0.2, -0.15) is 0 Å². The van der Waals surface area contributed by atoms with E-state index in [0.29, 0.717) is 0 Å². The first-order valence-electron chi connectivity index (χ1n) is 24.6. The van der Waals surface area contributed by atoms with E-state index in [9.17, 15) is 0 Å². The maximum Gasteiger partial charge on any atom is 0.253 e. The van der Waals surface area contributed by atoms with Crippen molar-refractivity contribution in [1.29, 1.82) is 0 Å². The minimum absolute atomic E-state index is 0.0112. The summed E-state index contributed by atoms with van der Waals surface area (Å²) in [5, 5.41) is 6.68. The van der Waals surface area contributed by atoms with Crippen molar-refractivity contribution in [2.24, 2.45) is 0 Å². The molecule has 9 aromatic rings. The molecular formula is C62H68BN3S. The van der Waals surface area contributed by atoms with E-state index in [4.69, 9.17) is 0 Å². The number of aryl methyl sites for hydroxylation is 1. The van der Waals surface area contributed by atoms with Gasteiger partial charge in [0.1, 0.15) is 0 Å². The van der Waals surface area contributed by atoms with Gasteiger partial charge in [0.25, 0.3) is 6.71 Å². The zero-order chi connectivity index (χ0) is 47.8. The van der Waals surface area contributed by atoms with Crippen LogP contribution in [-0.2, 0) is 27.1 Å². The predicted octanol–water partition coefficient (Wildman–Crippen LogP) is 16.1. The molecule has 0 saturated carbocycles. The van der Waals surface area contributed by atoms with Crippen LogP contribution >= 0.6 is 11.3 Å². The van der Waals surface area contributed by atoms with Gasteiger partial charge in [0.05, 0.1) is 32.9 Å². The van der Waals surface area contributed by atoms with Crippen LogP contribution < -0.4 is 26.2 Å². The van der Waals surface area contributed by atoms with Gasteiger partial charge in [-0.1, -0.05) is 152 Å². The lowest BCUT2D eigenvalue weighted by atomic mass is 9.33. The SMILES string of the molecule is Cc1sc2c(c1C)B1c3cc(C(C)(C)C)ccc3N(c3ccc(C(C)(C)C)cc3)c3c1c(c1c4cc(C(C)(C)C)ccc4n4c5ccc(C(C)(C)C)cc5c3c14)N2c1ccc(C(C)(C)C)cc1. The molecule has 0 radical (unpaired) electrons. The van der Waals surface area contributed by atoms with Crippen molar-refractivity contribution in [3.63, 3.8) is 0 Å². The summed E-state index contributed by atoms with van der Waals surface area (Å²) in [6.45, 7) is 39.9.